The van der Waals surface area contributed by atoms with Gasteiger partial charge in [-0.1, -0.05) is 48.5 Å². The van der Waals surface area contributed by atoms with Crippen molar-refractivity contribution in [3.63, 3.8) is 0 Å². The number of carboxylic acids is 1. The van der Waals surface area contributed by atoms with E-state index in [0.717, 1.165) is 35.1 Å². The number of aliphatic hydroxyl groups is 1. The van der Waals surface area contributed by atoms with Crippen LogP contribution in [-0.4, -0.2) is 63.9 Å². The van der Waals surface area contributed by atoms with E-state index >= 15 is 0 Å². The predicted octanol–water partition coefficient (Wildman–Crippen LogP) is 3.13. The number of carbonyl (C=O) groups is 3. The summed E-state index contributed by atoms with van der Waals surface area (Å²) in [5.41, 5.74) is 3.68. The molecule has 35 heavy (non-hydrogen) atoms. The fraction of sp³-hybridized carbons (Fsp3) is 0.444. The van der Waals surface area contributed by atoms with Crippen molar-refractivity contribution in [1.29, 1.82) is 0 Å². The number of rotatable bonds is 7. The molecule has 8 heteroatoms. The quantitative estimate of drug-likeness (QED) is 0.563. The Morgan fingerprint density at radius 2 is 1.66 bits per heavy atom. The lowest BCUT2D eigenvalue weighted by Crippen LogP contribution is -2.52. The summed E-state index contributed by atoms with van der Waals surface area (Å²) < 4.78 is 5.69. The zero-order chi connectivity index (χ0) is 24.7. The molecule has 0 spiro atoms. The van der Waals surface area contributed by atoms with Gasteiger partial charge in [0.1, 0.15) is 12.6 Å². The van der Waals surface area contributed by atoms with Crippen molar-refractivity contribution in [1.82, 2.24) is 10.2 Å². The number of alkyl carbamates (subject to hydrolysis) is 1. The SMILES string of the molecule is CC(CC(=O)N1CC(O)C[C@H]1C(=O)O)(NC(=O)OCC1c2ccccc2-c2ccccc21)C1CC1. The molecule has 1 saturated heterocycles. The van der Waals surface area contributed by atoms with Crippen molar-refractivity contribution in [2.45, 2.75) is 56.2 Å². The fourth-order valence-corrected chi connectivity index (χ4v) is 5.62. The van der Waals surface area contributed by atoms with E-state index < -0.39 is 29.7 Å². The second-order valence-electron chi connectivity index (χ2n) is 10.1. The lowest BCUT2D eigenvalue weighted by molar-refractivity contribution is -0.148. The third-order valence-corrected chi connectivity index (χ3v) is 7.61. The summed E-state index contributed by atoms with van der Waals surface area (Å²) in [6.45, 7) is 1.97. The number of hydrogen-bond acceptors (Lipinski definition) is 5. The number of aliphatic carboxylic acids is 1. The first-order valence-electron chi connectivity index (χ1n) is 12.1. The van der Waals surface area contributed by atoms with Gasteiger partial charge in [-0.3, -0.25) is 4.79 Å². The molecule has 0 bridgehead atoms. The highest BCUT2D eigenvalue weighted by molar-refractivity contribution is 5.85. The van der Waals surface area contributed by atoms with E-state index in [-0.39, 0.29) is 43.7 Å². The maximum Gasteiger partial charge on any atom is 0.407 e. The van der Waals surface area contributed by atoms with Crippen LogP contribution < -0.4 is 5.32 Å². The summed E-state index contributed by atoms with van der Waals surface area (Å²) in [6.07, 6.45) is 0.267. The fourth-order valence-electron chi connectivity index (χ4n) is 5.62. The topological polar surface area (TPSA) is 116 Å². The molecule has 5 rings (SSSR count). The van der Waals surface area contributed by atoms with Crippen molar-refractivity contribution in [2.24, 2.45) is 5.92 Å². The molecule has 2 aliphatic carbocycles. The summed E-state index contributed by atoms with van der Waals surface area (Å²) in [5.74, 6) is -1.47. The van der Waals surface area contributed by atoms with Crippen LogP contribution in [0.1, 0.15) is 49.7 Å². The second-order valence-corrected chi connectivity index (χ2v) is 10.1. The number of amides is 2. The van der Waals surface area contributed by atoms with Gasteiger partial charge in [-0.15, -0.1) is 0 Å². The van der Waals surface area contributed by atoms with Crippen molar-refractivity contribution < 1.29 is 29.3 Å². The van der Waals surface area contributed by atoms with Crippen molar-refractivity contribution in [3.8, 4) is 11.1 Å². The third-order valence-electron chi connectivity index (χ3n) is 7.61. The third kappa shape index (κ3) is 4.50. The normalized spacial score (nSPS) is 22.7. The summed E-state index contributed by atoms with van der Waals surface area (Å²) in [6, 6.07) is 15.2. The maximum absolute atomic E-state index is 13.0. The zero-order valence-corrected chi connectivity index (χ0v) is 19.6. The molecular weight excluding hydrogens is 448 g/mol. The number of nitrogens with one attached hydrogen (secondary N) is 1. The predicted molar refractivity (Wildman–Crippen MR) is 128 cm³/mol. The minimum atomic E-state index is -1.13. The molecule has 2 aromatic carbocycles. The van der Waals surface area contributed by atoms with E-state index in [1.54, 1.807) is 0 Å². The number of ether oxygens (including phenoxy) is 1. The molecular formula is C27H30N2O6. The second kappa shape index (κ2) is 9.00. The van der Waals surface area contributed by atoms with Crippen molar-refractivity contribution >= 4 is 18.0 Å². The van der Waals surface area contributed by atoms with Gasteiger partial charge in [0.05, 0.1) is 18.1 Å². The number of nitrogens with zero attached hydrogens (tertiary/aromatic N) is 1. The van der Waals surface area contributed by atoms with Crippen molar-refractivity contribution in [3.05, 3.63) is 59.7 Å². The molecule has 0 aromatic heterocycles. The Morgan fingerprint density at radius 3 is 2.23 bits per heavy atom. The van der Waals surface area contributed by atoms with Gasteiger partial charge in [-0.2, -0.15) is 0 Å². The lowest BCUT2D eigenvalue weighted by atomic mass is 9.91. The number of hydrogen-bond donors (Lipinski definition) is 3. The van der Waals surface area contributed by atoms with Gasteiger partial charge in [-0.05, 0) is 47.9 Å². The molecule has 2 amide bonds. The van der Waals surface area contributed by atoms with Crippen LogP contribution in [0.2, 0.25) is 0 Å². The van der Waals surface area contributed by atoms with Crippen LogP contribution in [0, 0.1) is 5.92 Å². The van der Waals surface area contributed by atoms with E-state index in [9.17, 15) is 24.6 Å². The zero-order valence-electron chi connectivity index (χ0n) is 19.6. The number of aliphatic hydroxyl groups excluding tert-OH is 1. The van der Waals surface area contributed by atoms with Gasteiger partial charge < -0.3 is 25.2 Å². The molecule has 2 aromatic rings. The van der Waals surface area contributed by atoms with E-state index in [0.29, 0.717) is 0 Å². The summed E-state index contributed by atoms with van der Waals surface area (Å²) >= 11 is 0. The van der Waals surface area contributed by atoms with Crippen LogP contribution in [0.15, 0.2) is 48.5 Å². The molecule has 184 valence electrons. The number of β-amino-alcohol motifs (C(OH)–C–C–N with tert-alkyl or cyclic N) is 1. The average molecular weight is 479 g/mol. The van der Waals surface area contributed by atoms with Gasteiger partial charge in [0, 0.05) is 18.9 Å². The Kier molecular flexibility index (Phi) is 6.01. The van der Waals surface area contributed by atoms with Crippen LogP contribution in [-0.2, 0) is 14.3 Å². The standard InChI is InChI=1S/C27H30N2O6/c1-27(16-10-11-16,13-24(31)29-14-17(30)12-23(29)25(32)33)28-26(34)35-15-22-20-8-4-2-6-18(20)19-7-3-5-9-21(19)22/h2-9,16-17,22-23,30H,10-15H2,1H3,(H,28,34)(H,32,33)/t17?,23-,27?/m0/s1. The average Bonchev–Trinajstić information content (AvgIpc) is 3.55. The van der Waals surface area contributed by atoms with Gasteiger partial charge in [0.2, 0.25) is 5.91 Å². The summed E-state index contributed by atoms with van der Waals surface area (Å²) in [4.78, 5) is 38.7. The van der Waals surface area contributed by atoms with Gasteiger partial charge in [0.25, 0.3) is 0 Å². The Hall–Kier alpha value is -3.39. The molecule has 1 heterocycles. The van der Waals surface area contributed by atoms with Crippen LogP contribution in [0.3, 0.4) is 0 Å². The van der Waals surface area contributed by atoms with Crippen molar-refractivity contribution in [2.75, 3.05) is 13.2 Å². The van der Waals surface area contributed by atoms with Crippen LogP contribution in [0.5, 0.6) is 0 Å². The Morgan fingerprint density at radius 1 is 1.06 bits per heavy atom. The largest absolute Gasteiger partial charge is 0.480 e. The molecule has 1 aliphatic heterocycles. The van der Waals surface area contributed by atoms with Crippen LogP contribution in [0.25, 0.3) is 11.1 Å². The van der Waals surface area contributed by atoms with Crippen LogP contribution >= 0.6 is 0 Å². The van der Waals surface area contributed by atoms with Gasteiger partial charge in [0.15, 0.2) is 0 Å². The molecule has 3 aliphatic rings. The first-order chi connectivity index (χ1) is 16.8. The van der Waals surface area contributed by atoms with E-state index in [1.807, 2.05) is 31.2 Å². The number of carboxylic acid groups (broad SMARTS) is 1. The number of likely N-dealkylation sites (tertiary alicyclic amines) is 1. The minimum Gasteiger partial charge on any atom is -0.480 e. The number of benzene rings is 2. The number of carbonyl (C=O) groups excluding carboxylic acids is 2. The highest BCUT2D eigenvalue weighted by Crippen LogP contribution is 2.45. The monoisotopic (exact) mass is 478 g/mol. The molecule has 2 fully saturated rings. The first kappa shape index (κ1) is 23.4. The molecule has 2 unspecified atom stereocenters. The number of fused-ring (bicyclic) bond motifs is 3. The van der Waals surface area contributed by atoms with E-state index in [4.69, 9.17) is 4.74 Å². The Labute approximate surface area is 203 Å². The highest BCUT2D eigenvalue weighted by Gasteiger charge is 2.47. The first-order valence-corrected chi connectivity index (χ1v) is 12.1. The van der Waals surface area contributed by atoms with Gasteiger partial charge >= 0.3 is 12.1 Å². The molecule has 8 nitrogen and oxygen atoms in total. The Balaban J connectivity index is 1.25. The Bertz CT molecular complexity index is 1120. The summed E-state index contributed by atoms with van der Waals surface area (Å²) in [5, 5.41) is 22.3. The summed E-state index contributed by atoms with van der Waals surface area (Å²) in [7, 11) is 0. The maximum atomic E-state index is 13.0. The molecule has 3 atom stereocenters. The highest BCUT2D eigenvalue weighted by atomic mass is 16.5. The minimum absolute atomic E-state index is 0.0124. The molecule has 0 radical (unpaired) electrons. The van der Waals surface area contributed by atoms with E-state index in [1.165, 1.54) is 4.90 Å². The van der Waals surface area contributed by atoms with Crippen LogP contribution in [0.4, 0.5) is 4.79 Å². The smallest absolute Gasteiger partial charge is 0.407 e. The lowest BCUT2D eigenvalue weighted by Gasteiger charge is -2.33. The van der Waals surface area contributed by atoms with Gasteiger partial charge in [-0.25, -0.2) is 9.59 Å². The molecule has 3 N–H and O–H groups in total. The van der Waals surface area contributed by atoms with E-state index in [2.05, 4.69) is 29.6 Å². The molecule has 1 saturated carbocycles.